The molecule has 7 heteroatoms. The fourth-order valence-corrected chi connectivity index (χ4v) is 2.70. The van der Waals surface area contributed by atoms with Crippen molar-refractivity contribution >= 4 is 17.3 Å². The van der Waals surface area contributed by atoms with Crippen LogP contribution in [0.25, 0.3) is 0 Å². The number of rotatable bonds is 7. The molecule has 0 bridgehead atoms. The molecule has 0 aromatic heterocycles. The van der Waals surface area contributed by atoms with E-state index in [9.17, 15) is 14.9 Å². The molecule has 0 fully saturated rings. The van der Waals surface area contributed by atoms with Crippen LogP contribution in [0.5, 0.6) is 11.5 Å². The lowest BCUT2D eigenvalue weighted by Crippen LogP contribution is -2.12. The highest BCUT2D eigenvalue weighted by atomic mass is 16.6. The van der Waals surface area contributed by atoms with Crippen LogP contribution in [0.1, 0.15) is 21.5 Å². The summed E-state index contributed by atoms with van der Waals surface area (Å²) in [6.45, 7) is 2.00. The van der Waals surface area contributed by atoms with Crippen molar-refractivity contribution in [2.45, 2.75) is 13.5 Å². The van der Waals surface area contributed by atoms with Crippen molar-refractivity contribution in [2.75, 3.05) is 12.4 Å². The summed E-state index contributed by atoms with van der Waals surface area (Å²) in [5, 5.41) is 13.7. The van der Waals surface area contributed by atoms with Crippen molar-refractivity contribution in [2.24, 2.45) is 0 Å². The van der Waals surface area contributed by atoms with Crippen molar-refractivity contribution in [3.63, 3.8) is 0 Å². The number of nitro groups is 1. The first-order valence-corrected chi connectivity index (χ1v) is 8.88. The number of hydrogen-bond acceptors (Lipinski definition) is 5. The second kappa shape index (κ2) is 8.88. The molecule has 3 rings (SSSR count). The Morgan fingerprint density at radius 3 is 2.45 bits per heavy atom. The van der Waals surface area contributed by atoms with Gasteiger partial charge in [0.15, 0.2) is 0 Å². The Morgan fingerprint density at radius 2 is 1.76 bits per heavy atom. The minimum atomic E-state index is -0.470. The van der Waals surface area contributed by atoms with Gasteiger partial charge >= 0.3 is 0 Å². The Hall–Kier alpha value is -3.87. The smallest absolute Gasteiger partial charge is 0.274 e. The Bertz CT molecular complexity index is 1030. The number of anilines is 1. The summed E-state index contributed by atoms with van der Waals surface area (Å²) in [6.07, 6.45) is 0. The largest absolute Gasteiger partial charge is 0.497 e. The first kappa shape index (κ1) is 19.9. The van der Waals surface area contributed by atoms with Gasteiger partial charge in [-0.3, -0.25) is 14.9 Å². The third-order valence-corrected chi connectivity index (χ3v) is 4.33. The molecular weight excluding hydrogens is 372 g/mol. The summed E-state index contributed by atoms with van der Waals surface area (Å²) in [5.41, 5.74) is 2.22. The lowest BCUT2D eigenvalue weighted by Gasteiger charge is -2.09. The maximum atomic E-state index is 12.4. The Balaban J connectivity index is 1.63. The Labute approximate surface area is 168 Å². The number of ether oxygens (including phenoxy) is 2. The Kier molecular flexibility index (Phi) is 6.09. The number of nitrogens with one attached hydrogen (secondary N) is 1. The van der Waals surface area contributed by atoms with Gasteiger partial charge < -0.3 is 14.8 Å². The third kappa shape index (κ3) is 5.10. The lowest BCUT2D eigenvalue weighted by atomic mass is 10.1. The van der Waals surface area contributed by atoms with Crippen molar-refractivity contribution in [3.05, 3.63) is 93.5 Å². The van der Waals surface area contributed by atoms with E-state index in [-0.39, 0.29) is 11.6 Å². The highest BCUT2D eigenvalue weighted by Gasteiger charge is 2.13. The van der Waals surface area contributed by atoms with E-state index >= 15 is 0 Å². The zero-order valence-electron chi connectivity index (χ0n) is 16.0. The molecule has 0 aliphatic heterocycles. The van der Waals surface area contributed by atoms with Crippen LogP contribution in [-0.4, -0.2) is 17.9 Å². The number of nitro benzene ring substituents is 1. The number of aryl methyl sites for hydroxylation is 1. The van der Waals surface area contributed by atoms with Gasteiger partial charge in [0.05, 0.1) is 12.0 Å². The third-order valence-electron chi connectivity index (χ3n) is 4.33. The molecule has 1 amide bonds. The van der Waals surface area contributed by atoms with Crippen LogP contribution < -0.4 is 14.8 Å². The molecule has 0 aliphatic rings. The average Bonchev–Trinajstić information content (AvgIpc) is 2.74. The highest BCUT2D eigenvalue weighted by molar-refractivity contribution is 6.04. The molecule has 3 aromatic carbocycles. The van der Waals surface area contributed by atoms with Crippen LogP contribution >= 0.6 is 0 Å². The van der Waals surface area contributed by atoms with E-state index in [1.807, 2.05) is 18.2 Å². The van der Waals surface area contributed by atoms with Gasteiger partial charge in [0.2, 0.25) is 0 Å². The number of carbonyl (C=O) groups excluding carboxylic acids is 1. The summed E-state index contributed by atoms with van der Waals surface area (Å²) in [6, 6.07) is 18.9. The number of amides is 1. The molecule has 29 heavy (non-hydrogen) atoms. The second-order valence-electron chi connectivity index (χ2n) is 6.38. The van der Waals surface area contributed by atoms with Crippen molar-refractivity contribution in [1.82, 2.24) is 0 Å². The number of benzene rings is 3. The first-order valence-electron chi connectivity index (χ1n) is 8.88. The van der Waals surface area contributed by atoms with E-state index < -0.39 is 4.92 Å². The molecule has 1 N–H and O–H groups in total. The predicted molar refractivity (Wildman–Crippen MR) is 110 cm³/mol. The minimum absolute atomic E-state index is 0.0344. The molecule has 3 aromatic rings. The normalized spacial score (nSPS) is 10.3. The van der Waals surface area contributed by atoms with Crippen LogP contribution in [0.2, 0.25) is 0 Å². The number of nitrogens with zero attached hydrogens (tertiary/aromatic N) is 1. The summed E-state index contributed by atoms with van der Waals surface area (Å²) in [4.78, 5) is 23.0. The van der Waals surface area contributed by atoms with Gasteiger partial charge in [0, 0.05) is 28.9 Å². The van der Waals surface area contributed by atoms with Crippen LogP contribution in [0.3, 0.4) is 0 Å². The van der Waals surface area contributed by atoms with Crippen molar-refractivity contribution in [1.29, 1.82) is 0 Å². The van der Waals surface area contributed by atoms with Gasteiger partial charge in [0.25, 0.3) is 11.6 Å². The average molecular weight is 392 g/mol. The van der Waals surface area contributed by atoms with Crippen LogP contribution in [0, 0.1) is 17.0 Å². The van der Waals surface area contributed by atoms with Crippen LogP contribution in [-0.2, 0) is 6.61 Å². The molecule has 0 atom stereocenters. The van der Waals surface area contributed by atoms with Gasteiger partial charge in [0.1, 0.15) is 18.1 Å². The fourth-order valence-electron chi connectivity index (χ4n) is 2.70. The zero-order valence-corrected chi connectivity index (χ0v) is 16.0. The zero-order chi connectivity index (χ0) is 20.8. The standard InChI is InChI=1S/C22H20N2O5/c1-15-6-11-18(12-21(15)24(26)27)23-22(25)17-9-7-16(8-10-17)14-29-20-5-3-4-19(13-20)28-2/h3-13H,14H2,1-2H3,(H,23,25). The SMILES string of the molecule is COc1cccc(OCc2ccc(C(=O)Nc3ccc(C)c([N+](=O)[O-])c3)cc2)c1. The molecule has 0 saturated heterocycles. The van der Waals surface area contributed by atoms with Crippen molar-refractivity contribution < 1.29 is 19.2 Å². The molecule has 0 spiro atoms. The van der Waals surface area contributed by atoms with Crippen molar-refractivity contribution in [3.8, 4) is 11.5 Å². The van der Waals surface area contributed by atoms with Gasteiger partial charge in [-0.05, 0) is 42.8 Å². The van der Waals surface area contributed by atoms with Gasteiger partial charge in [-0.1, -0.05) is 24.3 Å². The molecule has 0 aliphatic carbocycles. The first-order chi connectivity index (χ1) is 14.0. The highest BCUT2D eigenvalue weighted by Crippen LogP contribution is 2.23. The summed E-state index contributed by atoms with van der Waals surface area (Å²) >= 11 is 0. The van der Waals surface area contributed by atoms with E-state index in [1.165, 1.54) is 6.07 Å². The number of hydrogen-bond donors (Lipinski definition) is 1. The van der Waals surface area contributed by atoms with E-state index in [2.05, 4.69) is 5.32 Å². The summed E-state index contributed by atoms with van der Waals surface area (Å²) in [5.74, 6) is 1.06. The van der Waals surface area contributed by atoms with Crippen LogP contribution in [0.15, 0.2) is 66.7 Å². The van der Waals surface area contributed by atoms with Gasteiger partial charge in [-0.25, -0.2) is 0 Å². The van der Waals surface area contributed by atoms with Gasteiger partial charge in [-0.15, -0.1) is 0 Å². The molecule has 0 radical (unpaired) electrons. The summed E-state index contributed by atoms with van der Waals surface area (Å²) in [7, 11) is 1.59. The summed E-state index contributed by atoms with van der Waals surface area (Å²) < 4.78 is 10.9. The van der Waals surface area contributed by atoms with Gasteiger partial charge in [-0.2, -0.15) is 0 Å². The predicted octanol–water partition coefficient (Wildman–Crippen LogP) is 4.74. The molecule has 0 saturated carbocycles. The maximum absolute atomic E-state index is 12.4. The maximum Gasteiger partial charge on any atom is 0.274 e. The van der Waals surface area contributed by atoms with E-state index in [0.717, 1.165) is 5.56 Å². The number of carbonyl (C=O) groups is 1. The van der Waals surface area contributed by atoms with Crippen LogP contribution in [0.4, 0.5) is 11.4 Å². The topological polar surface area (TPSA) is 90.7 Å². The Morgan fingerprint density at radius 1 is 1.03 bits per heavy atom. The number of methoxy groups -OCH3 is 1. The molecular formula is C22H20N2O5. The second-order valence-corrected chi connectivity index (χ2v) is 6.38. The fraction of sp³-hybridized carbons (Fsp3) is 0.136. The van der Waals surface area contributed by atoms with E-state index in [1.54, 1.807) is 56.5 Å². The molecule has 0 unspecified atom stereocenters. The quantitative estimate of drug-likeness (QED) is 0.463. The molecule has 148 valence electrons. The monoisotopic (exact) mass is 392 g/mol. The lowest BCUT2D eigenvalue weighted by molar-refractivity contribution is -0.385. The minimum Gasteiger partial charge on any atom is -0.497 e. The van der Waals surface area contributed by atoms with E-state index in [0.29, 0.717) is 34.9 Å². The molecule has 0 heterocycles. The van der Waals surface area contributed by atoms with E-state index in [4.69, 9.17) is 9.47 Å². The molecule has 7 nitrogen and oxygen atoms in total.